The molecule has 1 unspecified atom stereocenters. The van der Waals surface area contributed by atoms with E-state index in [0.717, 1.165) is 22.3 Å². The van der Waals surface area contributed by atoms with Crippen molar-refractivity contribution >= 4 is 21.9 Å². The quantitative estimate of drug-likeness (QED) is 0.254. The summed E-state index contributed by atoms with van der Waals surface area (Å²) in [6.45, 7) is 14.6. The smallest absolute Gasteiger partial charge is 0.264 e. The Morgan fingerprint density at radius 1 is 0.909 bits per heavy atom. The van der Waals surface area contributed by atoms with Crippen molar-refractivity contribution in [2.24, 2.45) is 5.92 Å². The van der Waals surface area contributed by atoms with Gasteiger partial charge in [-0.1, -0.05) is 83.1 Å². The van der Waals surface area contributed by atoms with Crippen LogP contribution in [0.5, 0.6) is 5.88 Å². The molecule has 44 heavy (non-hydrogen) atoms. The molecule has 230 valence electrons. The van der Waals surface area contributed by atoms with Crippen LogP contribution in [0.2, 0.25) is 0 Å². The molecule has 9 heteroatoms. The van der Waals surface area contributed by atoms with Crippen LogP contribution in [0.25, 0.3) is 11.3 Å². The molecule has 1 aliphatic rings. The van der Waals surface area contributed by atoms with E-state index in [1.165, 1.54) is 17.7 Å². The number of fused-ring (bicyclic) bond motifs is 4. The van der Waals surface area contributed by atoms with Gasteiger partial charge < -0.3 is 10.1 Å². The van der Waals surface area contributed by atoms with E-state index < -0.39 is 22.2 Å². The second-order valence-corrected chi connectivity index (χ2v) is 14.6. The van der Waals surface area contributed by atoms with Gasteiger partial charge in [-0.3, -0.25) is 4.79 Å². The molecule has 4 aromatic rings. The van der Waals surface area contributed by atoms with Gasteiger partial charge in [0.15, 0.2) is 0 Å². The molecule has 0 saturated heterocycles. The Kier molecular flexibility index (Phi) is 8.53. The van der Waals surface area contributed by atoms with Crippen LogP contribution in [0.1, 0.15) is 79.8 Å². The normalized spacial score (nSPS) is 18.2. The molecule has 0 spiro atoms. The molecule has 0 saturated carbocycles. The highest BCUT2D eigenvalue weighted by molar-refractivity contribution is 7.92. The van der Waals surface area contributed by atoms with Crippen LogP contribution in [-0.4, -0.2) is 30.3 Å². The van der Waals surface area contributed by atoms with E-state index in [1.807, 2.05) is 44.2 Å². The van der Waals surface area contributed by atoms with E-state index >= 15 is 0 Å². The largest absolute Gasteiger partial charge is 0.467 e. The van der Waals surface area contributed by atoms with Gasteiger partial charge in [-0.15, -0.1) is 0 Å². The number of hydrogen-bond donors (Lipinski definition) is 2. The number of benzene rings is 3. The molecule has 2 N–H and O–H groups in total. The van der Waals surface area contributed by atoms with Gasteiger partial charge in [0.1, 0.15) is 6.10 Å². The van der Waals surface area contributed by atoms with Crippen molar-refractivity contribution in [3.05, 3.63) is 101 Å². The zero-order chi connectivity index (χ0) is 31.8. The predicted octanol–water partition coefficient (Wildman–Crippen LogP) is 7.14. The van der Waals surface area contributed by atoms with E-state index in [2.05, 4.69) is 66.8 Å². The molecule has 0 fully saturated rings. The number of hydrogen-bond acceptors (Lipinski definition) is 6. The first kappa shape index (κ1) is 31.2. The number of carbonyl (C=O) groups excluding carboxylic acids is 1. The molecule has 1 amide bonds. The van der Waals surface area contributed by atoms with Crippen LogP contribution >= 0.6 is 0 Å². The van der Waals surface area contributed by atoms with E-state index in [9.17, 15) is 13.2 Å². The molecule has 8 nitrogen and oxygen atoms in total. The van der Waals surface area contributed by atoms with Gasteiger partial charge in [0.25, 0.3) is 15.9 Å². The van der Waals surface area contributed by atoms with Gasteiger partial charge in [0.05, 0.1) is 16.6 Å². The minimum absolute atomic E-state index is 0.0419. The van der Waals surface area contributed by atoms with Crippen molar-refractivity contribution in [3.63, 3.8) is 0 Å². The Hall–Kier alpha value is -4.24. The first-order valence-corrected chi connectivity index (χ1v) is 16.4. The van der Waals surface area contributed by atoms with Crippen LogP contribution < -0.4 is 14.8 Å². The third kappa shape index (κ3) is 6.78. The Morgan fingerprint density at radius 2 is 1.57 bits per heavy atom. The Labute approximate surface area is 260 Å². The summed E-state index contributed by atoms with van der Waals surface area (Å²) >= 11 is 0. The number of rotatable bonds is 4. The number of sulfonamides is 1. The summed E-state index contributed by atoms with van der Waals surface area (Å²) in [5.41, 5.74) is 5.57. The summed E-state index contributed by atoms with van der Waals surface area (Å²) in [5.74, 6) is -0.100. The maximum atomic E-state index is 13.6. The van der Waals surface area contributed by atoms with Gasteiger partial charge in [-0.05, 0) is 72.1 Å². The van der Waals surface area contributed by atoms with E-state index in [4.69, 9.17) is 4.74 Å². The van der Waals surface area contributed by atoms with Crippen LogP contribution in [0.4, 0.5) is 5.95 Å². The fraction of sp³-hybridized carbons (Fsp3) is 0.343. The molecule has 2 atom stereocenters. The van der Waals surface area contributed by atoms with Crippen molar-refractivity contribution in [1.29, 1.82) is 0 Å². The molecule has 0 aliphatic carbocycles. The maximum absolute atomic E-state index is 13.6. The summed E-state index contributed by atoms with van der Waals surface area (Å²) in [4.78, 5) is 22.8. The fourth-order valence-corrected chi connectivity index (χ4v) is 6.55. The van der Waals surface area contributed by atoms with Crippen LogP contribution in [0.3, 0.4) is 0 Å². The van der Waals surface area contributed by atoms with Gasteiger partial charge in [0, 0.05) is 17.2 Å². The Bertz CT molecular complexity index is 1770. The molecular formula is C35H40N4O4S. The highest BCUT2D eigenvalue weighted by Gasteiger charge is 2.31. The number of carbonyl (C=O) groups is 1. The number of aryl methyl sites for hydroxylation is 2. The molecule has 1 aliphatic heterocycles. The zero-order valence-electron chi connectivity index (χ0n) is 26.3. The zero-order valence-corrected chi connectivity index (χ0v) is 27.1. The van der Waals surface area contributed by atoms with E-state index in [-0.39, 0.29) is 39.5 Å². The second kappa shape index (κ2) is 12.0. The highest BCUT2D eigenvalue weighted by Crippen LogP contribution is 2.34. The summed E-state index contributed by atoms with van der Waals surface area (Å²) in [5, 5.41) is 3.17. The first-order chi connectivity index (χ1) is 20.7. The summed E-state index contributed by atoms with van der Waals surface area (Å²) in [7, 11) is -4.13. The van der Waals surface area contributed by atoms with Crippen molar-refractivity contribution in [2.75, 3.05) is 4.72 Å². The minimum Gasteiger partial charge on any atom is -0.467 e. The molecular weight excluding hydrogens is 572 g/mol. The van der Waals surface area contributed by atoms with Gasteiger partial charge >= 0.3 is 0 Å². The van der Waals surface area contributed by atoms with Crippen molar-refractivity contribution < 1.29 is 17.9 Å². The summed E-state index contributed by atoms with van der Waals surface area (Å²) < 4.78 is 36.3. The number of aromatic nitrogens is 2. The van der Waals surface area contributed by atoms with Crippen LogP contribution in [0.15, 0.2) is 77.7 Å². The van der Waals surface area contributed by atoms with Crippen molar-refractivity contribution in [3.8, 4) is 17.1 Å². The summed E-state index contributed by atoms with van der Waals surface area (Å²) in [6.07, 6.45) is -0.0282. The standard InChI is InChI=1S/C35H40N4O4S/c1-21(2)18-29-32(24-14-16-26(17-15-24)35(5,6)7)43-30-20-28(31-22(3)10-8-11-23(31)4)37-34(38-30)39-44(41,42)27-13-9-12-25(19-27)33(40)36-29/h8-17,19-21,29,32H,18H2,1-7H3,(H,36,40)(H,37,38,39)/t29-,32?/m1/s1. The van der Waals surface area contributed by atoms with Crippen molar-refractivity contribution in [2.45, 2.75) is 77.3 Å². The second-order valence-electron chi connectivity index (χ2n) is 12.9. The third-order valence-electron chi connectivity index (χ3n) is 7.83. The predicted molar refractivity (Wildman–Crippen MR) is 173 cm³/mol. The van der Waals surface area contributed by atoms with Crippen LogP contribution in [0, 0.1) is 19.8 Å². The lowest BCUT2D eigenvalue weighted by Crippen LogP contribution is -2.42. The fourth-order valence-electron chi connectivity index (χ4n) is 5.56. The molecule has 3 aromatic carbocycles. The minimum atomic E-state index is -4.13. The van der Waals surface area contributed by atoms with Crippen LogP contribution in [-0.2, 0) is 15.4 Å². The number of amides is 1. The number of ether oxygens (including phenoxy) is 1. The molecule has 1 aromatic heterocycles. The van der Waals surface area contributed by atoms with Gasteiger partial charge in [-0.2, -0.15) is 4.98 Å². The Balaban J connectivity index is 1.74. The number of nitrogens with one attached hydrogen (secondary N) is 2. The lowest BCUT2D eigenvalue weighted by atomic mass is 9.85. The van der Waals surface area contributed by atoms with E-state index in [0.29, 0.717) is 12.1 Å². The molecule has 2 heterocycles. The SMILES string of the molecule is Cc1cccc(C)c1-c1cc2nc(n1)NS(=O)(=O)c1cccc(c1)C(=O)N[C@H](CC(C)C)C(c1ccc(C(C)(C)C)cc1)O2. The Morgan fingerprint density at radius 3 is 2.20 bits per heavy atom. The average molecular weight is 613 g/mol. The lowest BCUT2D eigenvalue weighted by molar-refractivity contribution is 0.0841. The number of nitrogens with zero attached hydrogens (tertiary/aromatic N) is 2. The molecule has 4 bridgehead atoms. The van der Waals surface area contributed by atoms with Gasteiger partial charge in [0.2, 0.25) is 11.8 Å². The topological polar surface area (TPSA) is 110 Å². The number of anilines is 1. The monoisotopic (exact) mass is 612 g/mol. The van der Waals surface area contributed by atoms with Gasteiger partial charge in [-0.25, -0.2) is 18.1 Å². The van der Waals surface area contributed by atoms with E-state index in [1.54, 1.807) is 18.2 Å². The summed E-state index contributed by atoms with van der Waals surface area (Å²) in [6, 6.07) is 21.4. The molecule has 0 radical (unpaired) electrons. The maximum Gasteiger partial charge on any atom is 0.264 e. The molecule has 5 rings (SSSR count). The lowest BCUT2D eigenvalue weighted by Gasteiger charge is -2.31. The third-order valence-corrected chi connectivity index (χ3v) is 9.16. The highest BCUT2D eigenvalue weighted by atomic mass is 32.2. The first-order valence-electron chi connectivity index (χ1n) is 14.9. The van der Waals surface area contributed by atoms with Crippen molar-refractivity contribution in [1.82, 2.24) is 15.3 Å². The average Bonchev–Trinajstić information content (AvgIpc) is 2.94.